The molecule has 1 fully saturated rings. The lowest BCUT2D eigenvalue weighted by atomic mass is 9.86. The van der Waals surface area contributed by atoms with E-state index in [1.807, 2.05) is 36.4 Å². The molecule has 8 nitrogen and oxygen atoms in total. The van der Waals surface area contributed by atoms with E-state index < -0.39 is 12.1 Å². The molecule has 0 aliphatic carbocycles. The first-order chi connectivity index (χ1) is 17.8. The number of hydrogen-bond donors (Lipinski definition) is 1. The average Bonchev–Trinajstić information content (AvgIpc) is 3.49. The van der Waals surface area contributed by atoms with Crippen molar-refractivity contribution in [2.75, 3.05) is 26.4 Å². The van der Waals surface area contributed by atoms with Gasteiger partial charge in [0.1, 0.15) is 6.04 Å². The Morgan fingerprint density at radius 3 is 2.57 bits per heavy atom. The summed E-state index contributed by atoms with van der Waals surface area (Å²) in [4.78, 5) is 37.2. The highest BCUT2D eigenvalue weighted by atomic mass is 16.7. The number of carbonyl (C=O) groups excluding carboxylic acids is 2. The fourth-order valence-corrected chi connectivity index (χ4v) is 6.29. The number of aromatic amines is 1. The van der Waals surface area contributed by atoms with Gasteiger partial charge in [-0.1, -0.05) is 24.3 Å². The lowest BCUT2D eigenvalue weighted by Gasteiger charge is -2.47. The zero-order valence-corrected chi connectivity index (χ0v) is 21.9. The van der Waals surface area contributed by atoms with E-state index in [0.29, 0.717) is 36.5 Å². The van der Waals surface area contributed by atoms with E-state index >= 15 is 0 Å². The zero-order chi connectivity index (χ0) is 25.8. The van der Waals surface area contributed by atoms with Gasteiger partial charge >= 0.3 is 0 Å². The fraction of sp³-hybridized carbons (Fsp3) is 0.448. The molecule has 1 N–H and O–H groups in total. The predicted octanol–water partition coefficient (Wildman–Crippen LogP) is 3.70. The standard InChI is InChI=1S/C29H34N4O4/c1-17(2)32(18(3)4)12-11-31-15-26(34)33-23(29(31)35)14-21-20-7-5-6-8-22(20)30-27(21)28(33)19-9-10-24-25(13-19)37-16-36-24/h5-10,13,17-18,23,28,30H,11-12,14-16H2,1-4H3/t23-,28+/m1/s1. The summed E-state index contributed by atoms with van der Waals surface area (Å²) in [5, 5.41) is 1.10. The molecular weight excluding hydrogens is 468 g/mol. The minimum Gasteiger partial charge on any atom is -0.454 e. The quantitative estimate of drug-likeness (QED) is 0.556. The molecule has 0 radical (unpaired) electrons. The topological polar surface area (TPSA) is 78.1 Å². The number of hydrogen-bond acceptors (Lipinski definition) is 5. The highest BCUT2D eigenvalue weighted by Crippen LogP contribution is 2.44. The van der Waals surface area contributed by atoms with Gasteiger partial charge in [0.05, 0.1) is 12.6 Å². The van der Waals surface area contributed by atoms with Crippen LogP contribution in [0, 0.1) is 0 Å². The lowest BCUT2D eigenvalue weighted by Crippen LogP contribution is -2.63. The zero-order valence-electron chi connectivity index (χ0n) is 21.9. The number of rotatable bonds is 6. The van der Waals surface area contributed by atoms with E-state index in [0.717, 1.165) is 34.3 Å². The van der Waals surface area contributed by atoms with Crippen molar-refractivity contribution in [1.29, 1.82) is 0 Å². The summed E-state index contributed by atoms with van der Waals surface area (Å²) < 4.78 is 11.2. The van der Waals surface area contributed by atoms with Crippen molar-refractivity contribution in [2.24, 2.45) is 0 Å². The van der Waals surface area contributed by atoms with E-state index in [4.69, 9.17) is 9.47 Å². The first-order valence-corrected chi connectivity index (χ1v) is 13.2. The number of carbonyl (C=O) groups is 2. The molecule has 1 saturated heterocycles. The Bertz CT molecular complexity index is 1360. The van der Waals surface area contributed by atoms with Crippen LogP contribution in [0.3, 0.4) is 0 Å². The van der Waals surface area contributed by atoms with E-state index in [-0.39, 0.29) is 25.2 Å². The maximum Gasteiger partial charge on any atom is 0.246 e. The minimum absolute atomic E-state index is 0.0220. The molecule has 4 heterocycles. The summed E-state index contributed by atoms with van der Waals surface area (Å²) >= 11 is 0. The summed E-state index contributed by atoms with van der Waals surface area (Å²) in [6.45, 7) is 10.2. The van der Waals surface area contributed by atoms with Crippen molar-refractivity contribution in [3.63, 3.8) is 0 Å². The highest BCUT2D eigenvalue weighted by molar-refractivity contribution is 5.97. The molecule has 0 spiro atoms. The van der Waals surface area contributed by atoms with Gasteiger partial charge in [-0.3, -0.25) is 14.5 Å². The molecule has 3 aromatic rings. The van der Waals surface area contributed by atoms with Crippen LogP contribution in [0.5, 0.6) is 11.5 Å². The number of amides is 2. The van der Waals surface area contributed by atoms with Crippen molar-refractivity contribution in [3.05, 3.63) is 59.3 Å². The van der Waals surface area contributed by atoms with Crippen molar-refractivity contribution < 1.29 is 19.1 Å². The molecule has 0 bridgehead atoms. The van der Waals surface area contributed by atoms with E-state index in [1.54, 1.807) is 9.80 Å². The van der Waals surface area contributed by atoms with E-state index in [1.165, 1.54) is 0 Å². The summed E-state index contributed by atoms with van der Waals surface area (Å²) in [7, 11) is 0. The van der Waals surface area contributed by atoms with Gasteiger partial charge in [0.25, 0.3) is 0 Å². The monoisotopic (exact) mass is 502 g/mol. The second-order valence-electron chi connectivity index (χ2n) is 10.8. The molecule has 0 unspecified atom stereocenters. The van der Waals surface area contributed by atoms with Gasteiger partial charge in [-0.15, -0.1) is 0 Å². The highest BCUT2D eigenvalue weighted by Gasteiger charge is 2.48. The minimum atomic E-state index is -0.546. The van der Waals surface area contributed by atoms with Crippen LogP contribution >= 0.6 is 0 Å². The van der Waals surface area contributed by atoms with Gasteiger partial charge in [-0.2, -0.15) is 0 Å². The molecule has 3 aliphatic rings. The molecule has 2 aromatic carbocycles. The van der Waals surface area contributed by atoms with Gasteiger partial charge in [-0.05, 0) is 57.0 Å². The van der Waals surface area contributed by atoms with Crippen LogP contribution in [0.15, 0.2) is 42.5 Å². The summed E-state index contributed by atoms with van der Waals surface area (Å²) in [6.07, 6.45) is 0.500. The number of para-hydroxylation sites is 1. The molecule has 6 rings (SSSR count). The van der Waals surface area contributed by atoms with Gasteiger partial charge in [0.2, 0.25) is 18.6 Å². The smallest absolute Gasteiger partial charge is 0.246 e. The largest absolute Gasteiger partial charge is 0.454 e. The lowest BCUT2D eigenvalue weighted by molar-refractivity contribution is -0.158. The van der Waals surface area contributed by atoms with Gasteiger partial charge in [0, 0.05) is 48.2 Å². The molecule has 1 aromatic heterocycles. The van der Waals surface area contributed by atoms with Crippen molar-refractivity contribution in [1.82, 2.24) is 19.7 Å². The third-order valence-corrected chi connectivity index (χ3v) is 8.01. The Labute approximate surface area is 217 Å². The molecular formula is C29H34N4O4. The van der Waals surface area contributed by atoms with Crippen LogP contribution in [0.1, 0.15) is 50.6 Å². The maximum atomic E-state index is 13.9. The molecule has 2 atom stereocenters. The second kappa shape index (κ2) is 9.10. The molecule has 0 saturated carbocycles. The van der Waals surface area contributed by atoms with Crippen LogP contribution in [0.2, 0.25) is 0 Å². The Morgan fingerprint density at radius 1 is 1.03 bits per heavy atom. The fourth-order valence-electron chi connectivity index (χ4n) is 6.29. The van der Waals surface area contributed by atoms with E-state index in [2.05, 4.69) is 43.6 Å². The Balaban J connectivity index is 1.39. The molecule has 3 aliphatic heterocycles. The third-order valence-electron chi connectivity index (χ3n) is 8.01. The maximum absolute atomic E-state index is 13.9. The van der Waals surface area contributed by atoms with Crippen LogP contribution in [0.4, 0.5) is 0 Å². The number of fused-ring (bicyclic) bond motifs is 5. The van der Waals surface area contributed by atoms with Crippen molar-refractivity contribution >= 4 is 22.7 Å². The first-order valence-electron chi connectivity index (χ1n) is 13.2. The van der Waals surface area contributed by atoms with Crippen LogP contribution in [0.25, 0.3) is 10.9 Å². The number of benzene rings is 2. The van der Waals surface area contributed by atoms with Gasteiger partial charge in [0.15, 0.2) is 11.5 Å². The van der Waals surface area contributed by atoms with Crippen molar-refractivity contribution in [3.8, 4) is 11.5 Å². The summed E-state index contributed by atoms with van der Waals surface area (Å²) in [5.41, 5.74) is 3.99. The number of H-pyrrole nitrogens is 1. The third kappa shape index (κ3) is 3.94. The van der Waals surface area contributed by atoms with Gasteiger partial charge in [-0.25, -0.2) is 0 Å². The first kappa shape index (κ1) is 23.9. The van der Waals surface area contributed by atoms with Crippen LogP contribution < -0.4 is 9.47 Å². The van der Waals surface area contributed by atoms with E-state index in [9.17, 15) is 9.59 Å². The van der Waals surface area contributed by atoms with Gasteiger partial charge < -0.3 is 24.3 Å². The SMILES string of the molecule is CC(C)N(CCN1CC(=O)N2[C@@H](c3ccc4c(c3)OCO4)c3[nH]c4ccccc4c3C[C@@H]2C1=O)C(C)C. The van der Waals surface area contributed by atoms with Crippen molar-refractivity contribution in [2.45, 2.75) is 58.3 Å². The molecule has 37 heavy (non-hydrogen) atoms. The predicted molar refractivity (Wildman–Crippen MR) is 141 cm³/mol. The molecule has 8 heteroatoms. The number of ether oxygens (including phenoxy) is 2. The number of nitrogens with one attached hydrogen (secondary N) is 1. The average molecular weight is 503 g/mol. The molecule has 194 valence electrons. The normalized spacial score (nSPS) is 20.9. The number of piperazine rings is 1. The Kier molecular flexibility index (Phi) is 5.87. The number of aromatic nitrogens is 1. The second-order valence-corrected chi connectivity index (χ2v) is 10.8. The Hall–Kier alpha value is -3.52. The number of nitrogens with zero attached hydrogens (tertiary/aromatic N) is 3. The Morgan fingerprint density at radius 2 is 1.78 bits per heavy atom. The van der Waals surface area contributed by atoms with Crippen LogP contribution in [-0.4, -0.2) is 76.1 Å². The summed E-state index contributed by atoms with van der Waals surface area (Å²) in [5.74, 6) is 1.35. The molecule has 2 amide bonds. The summed E-state index contributed by atoms with van der Waals surface area (Å²) in [6, 6.07) is 13.7. The van der Waals surface area contributed by atoms with Crippen LogP contribution in [-0.2, 0) is 16.0 Å².